The molecule has 0 bridgehead atoms. The second-order valence-corrected chi connectivity index (χ2v) is 5.43. The molecule has 0 unspecified atom stereocenters. The Morgan fingerprint density at radius 2 is 2.06 bits per heavy atom. The highest BCUT2D eigenvalue weighted by atomic mass is 15.3. The molecule has 0 aliphatic rings. The van der Waals surface area contributed by atoms with E-state index in [1.165, 1.54) is 5.39 Å². The van der Waals surface area contributed by atoms with Crippen LogP contribution in [0.25, 0.3) is 10.9 Å². The van der Waals surface area contributed by atoms with Crippen LogP contribution < -0.4 is 5.32 Å². The molecule has 0 atom stereocenters. The number of terminal acetylenes is 1. The van der Waals surface area contributed by atoms with E-state index in [1.54, 1.807) is 0 Å². The molecule has 1 aromatic carbocycles. The van der Waals surface area contributed by atoms with Crippen molar-refractivity contribution in [2.75, 3.05) is 0 Å². The Morgan fingerprint density at radius 1 is 1.33 bits per heavy atom. The fourth-order valence-corrected chi connectivity index (χ4v) is 1.88. The highest BCUT2D eigenvalue weighted by Gasteiger charge is 2.13. The third kappa shape index (κ3) is 2.72. The van der Waals surface area contributed by atoms with Crippen molar-refractivity contribution in [1.29, 1.82) is 0 Å². The lowest BCUT2D eigenvalue weighted by Gasteiger charge is -2.19. The molecule has 3 nitrogen and oxygen atoms in total. The van der Waals surface area contributed by atoms with E-state index in [1.807, 2.05) is 16.8 Å². The Balaban J connectivity index is 2.36. The molecule has 0 saturated heterocycles. The second-order valence-electron chi connectivity index (χ2n) is 5.43. The minimum atomic E-state index is 0.0804. The minimum Gasteiger partial charge on any atom is -0.306 e. The first-order chi connectivity index (χ1) is 8.51. The van der Waals surface area contributed by atoms with Gasteiger partial charge in [-0.05, 0) is 26.8 Å². The van der Waals surface area contributed by atoms with Crippen LogP contribution in [0.2, 0.25) is 0 Å². The van der Waals surface area contributed by atoms with Crippen LogP contribution in [0, 0.1) is 12.3 Å². The smallest absolute Gasteiger partial charge is 0.102 e. The first kappa shape index (κ1) is 12.7. The van der Waals surface area contributed by atoms with Crippen molar-refractivity contribution in [3.8, 4) is 12.3 Å². The molecule has 1 heterocycles. The Hall–Kier alpha value is -1.79. The van der Waals surface area contributed by atoms with Crippen molar-refractivity contribution in [2.45, 2.75) is 39.4 Å². The van der Waals surface area contributed by atoms with Crippen molar-refractivity contribution in [1.82, 2.24) is 15.1 Å². The van der Waals surface area contributed by atoms with Gasteiger partial charge in [0.1, 0.15) is 6.54 Å². The lowest BCUT2D eigenvalue weighted by molar-refractivity contribution is 0.420. The van der Waals surface area contributed by atoms with Crippen molar-refractivity contribution >= 4 is 10.9 Å². The molecule has 94 valence electrons. The van der Waals surface area contributed by atoms with E-state index >= 15 is 0 Å². The number of aromatic nitrogens is 2. The summed E-state index contributed by atoms with van der Waals surface area (Å²) in [7, 11) is 0. The zero-order chi connectivity index (χ0) is 13.2. The summed E-state index contributed by atoms with van der Waals surface area (Å²) in [4.78, 5) is 0. The fourth-order valence-electron chi connectivity index (χ4n) is 1.88. The summed E-state index contributed by atoms with van der Waals surface area (Å²) in [6, 6.07) is 8.19. The van der Waals surface area contributed by atoms with Gasteiger partial charge in [-0.15, -0.1) is 6.42 Å². The van der Waals surface area contributed by atoms with E-state index in [2.05, 4.69) is 49.2 Å². The Labute approximate surface area is 108 Å². The summed E-state index contributed by atoms with van der Waals surface area (Å²) in [6.07, 6.45) is 5.38. The molecule has 18 heavy (non-hydrogen) atoms. The maximum atomic E-state index is 5.38. The van der Waals surface area contributed by atoms with Crippen molar-refractivity contribution < 1.29 is 0 Å². The number of nitrogens with zero attached hydrogens (tertiary/aromatic N) is 2. The molecule has 1 aromatic heterocycles. The molecule has 0 saturated carbocycles. The monoisotopic (exact) mass is 241 g/mol. The van der Waals surface area contributed by atoms with Crippen LogP contribution >= 0.6 is 0 Å². The Bertz CT molecular complexity index is 582. The minimum absolute atomic E-state index is 0.0804. The van der Waals surface area contributed by atoms with Gasteiger partial charge >= 0.3 is 0 Å². The molecule has 0 fully saturated rings. The molecule has 3 heteroatoms. The van der Waals surface area contributed by atoms with Gasteiger partial charge in [-0.2, -0.15) is 5.10 Å². The number of benzene rings is 1. The lowest BCUT2D eigenvalue weighted by Crippen LogP contribution is -2.35. The molecular formula is C15H19N3. The molecule has 0 spiro atoms. The summed E-state index contributed by atoms with van der Waals surface area (Å²) >= 11 is 0. The summed E-state index contributed by atoms with van der Waals surface area (Å²) in [5, 5.41) is 9.22. The Kier molecular flexibility index (Phi) is 3.40. The Morgan fingerprint density at radius 3 is 2.72 bits per heavy atom. The predicted molar refractivity (Wildman–Crippen MR) is 75.2 cm³/mol. The van der Waals surface area contributed by atoms with E-state index < -0.39 is 0 Å². The van der Waals surface area contributed by atoms with Crippen LogP contribution in [-0.4, -0.2) is 15.3 Å². The van der Waals surface area contributed by atoms with Crippen molar-refractivity contribution in [3.05, 3.63) is 30.0 Å². The topological polar surface area (TPSA) is 29.9 Å². The van der Waals surface area contributed by atoms with E-state index in [0.717, 1.165) is 17.8 Å². The predicted octanol–water partition coefficient (Wildman–Crippen LogP) is 2.56. The zero-order valence-electron chi connectivity index (χ0n) is 11.2. The van der Waals surface area contributed by atoms with Crippen LogP contribution in [0.3, 0.4) is 0 Å². The number of hydrogen-bond donors (Lipinski definition) is 1. The molecule has 0 amide bonds. The van der Waals surface area contributed by atoms with Gasteiger partial charge in [0.2, 0.25) is 0 Å². The van der Waals surface area contributed by atoms with E-state index in [9.17, 15) is 0 Å². The van der Waals surface area contributed by atoms with Crippen LogP contribution in [0.15, 0.2) is 24.3 Å². The molecule has 1 N–H and O–H groups in total. The van der Waals surface area contributed by atoms with Gasteiger partial charge < -0.3 is 5.32 Å². The van der Waals surface area contributed by atoms with Gasteiger partial charge in [-0.3, -0.25) is 4.68 Å². The number of hydrogen-bond acceptors (Lipinski definition) is 2. The fraction of sp³-hybridized carbons (Fsp3) is 0.400. The van der Waals surface area contributed by atoms with Crippen LogP contribution in [-0.2, 0) is 13.1 Å². The number of rotatable bonds is 3. The molecule has 0 aliphatic heterocycles. The third-order valence-corrected chi connectivity index (χ3v) is 2.76. The third-order valence-electron chi connectivity index (χ3n) is 2.76. The van der Waals surface area contributed by atoms with Gasteiger partial charge in [0.25, 0.3) is 0 Å². The normalized spacial score (nSPS) is 11.7. The molecular weight excluding hydrogens is 222 g/mol. The average Bonchev–Trinajstić information content (AvgIpc) is 2.65. The van der Waals surface area contributed by atoms with E-state index in [0.29, 0.717) is 6.54 Å². The molecule has 0 radical (unpaired) electrons. The number of para-hydroxylation sites is 1. The van der Waals surface area contributed by atoms with E-state index in [-0.39, 0.29) is 5.54 Å². The molecule has 0 aliphatic carbocycles. The highest BCUT2D eigenvalue weighted by molar-refractivity contribution is 5.82. The molecule has 2 aromatic rings. The first-order valence-electron chi connectivity index (χ1n) is 6.14. The zero-order valence-corrected chi connectivity index (χ0v) is 11.2. The van der Waals surface area contributed by atoms with Gasteiger partial charge in [-0.25, -0.2) is 0 Å². The van der Waals surface area contributed by atoms with Gasteiger partial charge in [0.05, 0.1) is 11.2 Å². The number of fused-ring (bicyclic) bond motifs is 1. The standard InChI is InChI=1S/C15H19N3/c1-5-10-18-14-9-7-6-8-12(14)13(17-18)11-16-15(2,3)4/h1,6-9,16H,10-11H2,2-4H3. The van der Waals surface area contributed by atoms with Gasteiger partial charge in [-0.1, -0.05) is 24.1 Å². The molecule has 2 rings (SSSR count). The highest BCUT2D eigenvalue weighted by Crippen LogP contribution is 2.18. The lowest BCUT2D eigenvalue weighted by atomic mass is 10.1. The average molecular weight is 241 g/mol. The SMILES string of the molecule is C#CCn1nc(CNC(C)(C)C)c2ccccc21. The van der Waals surface area contributed by atoms with Crippen molar-refractivity contribution in [3.63, 3.8) is 0 Å². The van der Waals surface area contributed by atoms with Crippen LogP contribution in [0.1, 0.15) is 26.5 Å². The summed E-state index contributed by atoms with van der Waals surface area (Å²) < 4.78 is 1.88. The summed E-state index contributed by atoms with van der Waals surface area (Å²) in [5.41, 5.74) is 2.23. The quantitative estimate of drug-likeness (QED) is 0.837. The van der Waals surface area contributed by atoms with Crippen LogP contribution in [0.4, 0.5) is 0 Å². The number of nitrogens with one attached hydrogen (secondary N) is 1. The van der Waals surface area contributed by atoms with Crippen LogP contribution in [0.5, 0.6) is 0 Å². The maximum Gasteiger partial charge on any atom is 0.102 e. The van der Waals surface area contributed by atoms with Gasteiger partial charge in [0, 0.05) is 17.5 Å². The second kappa shape index (κ2) is 4.83. The summed E-state index contributed by atoms with van der Waals surface area (Å²) in [6.45, 7) is 7.70. The largest absolute Gasteiger partial charge is 0.306 e. The summed E-state index contributed by atoms with van der Waals surface area (Å²) in [5.74, 6) is 2.64. The first-order valence-corrected chi connectivity index (χ1v) is 6.14. The maximum absolute atomic E-state index is 5.38. The van der Waals surface area contributed by atoms with Gasteiger partial charge in [0.15, 0.2) is 0 Å². The van der Waals surface area contributed by atoms with Crippen molar-refractivity contribution in [2.24, 2.45) is 0 Å². The van der Waals surface area contributed by atoms with E-state index in [4.69, 9.17) is 6.42 Å².